The lowest BCUT2D eigenvalue weighted by Gasteiger charge is -2.23. The summed E-state index contributed by atoms with van der Waals surface area (Å²) in [6, 6.07) is 17.6. The molecule has 174 valence electrons. The number of H-pyrrole nitrogens is 1. The van der Waals surface area contributed by atoms with Crippen LogP contribution in [0.2, 0.25) is 0 Å². The van der Waals surface area contributed by atoms with Gasteiger partial charge in [-0.1, -0.05) is 36.4 Å². The van der Waals surface area contributed by atoms with E-state index in [2.05, 4.69) is 9.97 Å². The normalized spacial score (nSPS) is 19.3. The molecule has 0 spiro atoms. The lowest BCUT2D eigenvalue weighted by Crippen LogP contribution is -2.30. The molecule has 2 heterocycles. The highest BCUT2D eigenvalue weighted by atomic mass is 19.1. The van der Waals surface area contributed by atoms with Crippen LogP contribution in [-0.4, -0.2) is 26.8 Å². The van der Waals surface area contributed by atoms with E-state index in [9.17, 15) is 19.1 Å². The summed E-state index contributed by atoms with van der Waals surface area (Å²) in [7, 11) is 0. The van der Waals surface area contributed by atoms with Crippen LogP contribution >= 0.6 is 0 Å². The van der Waals surface area contributed by atoms with Crippen molar-refractivity contribution in [2.45, 2.75) is 31.7 Å². The minimum Gasteiger partial charge on any atom is -0.507 e. The van der Waals surface area contributed by atoms with Gasteiger partial charge in [0.2, 0.25) is 5.95 Å². The molecule has 0 radical (unpaired) electrons. The van der Waals surface area contributed by atoms with Gasteiger partial charge in [0, 0.05) is 5.56 Å². The number of aliphatic hydroxyl groups excluding tert-OH is 1. The molecule has 1 unspecified atom stereocenters. The fourth-order valence-electron chi connectivity index (χ4n) is 5.10. The first-order valence-electron chi connectivity index (χ1n) is 11.6. The zero-order valence-corrected chi connectivity index (χ0v) is 18.8. The third-order valence-corrected chi connectivity index (χ3v) is 6.86. The maximum atomic E-state index is 13.7. The van der Waals surface area contributed by atoms with Crippen molar-refractivity contribution in [3.05, 3.63) is 100 Å². The van der Waals surface area contributed by atoms with Gasteiger partial charge < -0.3 is 10.1 Å². The van der Waals surface area contributed by atoms with Crippen molar-refractivity contribution in [1.82, 2.24) is 9.97 Å². The number of fused-ring (bicyclic) bond motifs is 2. The van der Waals surface area contributed by atoms with Gasteiger partial charge in [-0.25, -0.2) is 9.37 Å². The molecule has 4 aromatic rings. The summed E-state index contributed by atoms with van der Waals surface area (Å²) in [5.41, 5.74) is 4.66. The van der Waals surface area contributed by atoms with Crippen LogP contribution in [0.1, 0.15) is 41.1 Å². The second kappa shape index (κ2) is 8.20. The quantitative estimate of drug-likeness (QED) is 0.246. The molecule has 1 saturated heterocycles. The molecule has 1 aromatic heterocycles. The Morgan fingerprint density at radius 3 is 2.49 bits per heavy atom. The highest BCUT2D eigenvalue weighted by molar-refractivity contribution is 6.51. The Bertz CT molecular complexity index is 1490. The van der Waals surface area contributed by atoms with Gasteiger partial charge in [0.15, 0.2) is 0 Å². The highest BCUT2D eigenvalue weighted by Gasteiger charge is 2.48. The van der Waals surface area contributed by atoms with E-state index >= 15 is 0 Å². The van der Waals surface area contributed by atoms with Gasteiger partial charge in [0.25, 0.3) is 5.78 Å². The van der Waals surface area contributed by atoms with Crippen molar-refractivity contribution < 1.29 is 19.1 Å². The van der Waals surface area contributed by atoms with Gasteiger partial charge in [-0.3, -0.25) is 14.5 Å². The Labute approximate surface area is 200 Å². The monoisotopic (exact) mass is 467 g/mol. The fraction of sp³-hybridized carbons (Fsp3) is 0.179. The van der Waals surface area contributed by atoms with Crippen molar-refractivity contribution in [2.75, 3.05) is 4.90 Å². The van der Waals surface area contributed by atoms with Crippen LogP contribution < -0.4 is 4.90 Å². The number of hydrogen-bond acceptors (Lipinski definition) is 4. The van der Waals surface area contributed by atoms with E-state index in [-0.39, 0.29) is 17.3 Å². The third kappa shape index (κ3) is 3.51. The molecular formula is C28H22FN3O3. The molecular weight excluding hydrogens is 445 g/mol. The minimum absolute atomic E-state index is 0.0437. The molecule has 1 amide bonds. The van der Waals surface area contributed by atoms with Crippen LogP contribution in [0.3, 0.4) is 0 Å². The molecule has 1 atom stereocenters. The number of hydrogen-bond donors (Lipinski definition) is 2. The number of para-hydroxylation sites is 2. The molecule has 1 aliphatic carbocycles. The molecule has 35 heavy (non-hydrogen) atoms. The summed E-state index contributed by atoms with van der Waals surface area (Å²) < 4.78 is 13.7. The van der Waals surface area contributed by atoms with E-state index in [1.165, 1.54) is 34.7 Å². The molecule has 2 aliphatic rings. The number of nitrogens with one attached hydrogen (secondary N) is 1. The number of aryl methyl sites for hydroxylation is 2. The number of aliphatic hydroxyl groups is 1. The number of ketones is 1. The summed E-state index contributed by atoms with van der Waals surface area (Å²) in [5, 5.41) is 11.4. The average molecular weight is 468 g/mol. The molecule has 0 saturated carbocycles. The number of imidazole rings is 1. The topological polar surface area (TPSA) is 86.3 Å². The van der Waals surface area contributed by atoms with E-state index in [0.29, 0.717) is 22.2 Å². The SMILES string of the molecule is O=C1C(=O)N(c2nc3ccccc3[nH]2)C(c2ccc(F)cc2)/C1=C(\O)c1ccc2c(c1)CCCC2. The number of nitrogens with zero attached hydrogens (tertiary/aromatic N) is 2. The molecule has 6 rings (SSSR count). The van der Waals surface area contributed by atoms with Gasteiger partial charge >= 0.3 is 5.91 Å². The largest absolute Gasteiger partial charge is 0.507 e. The Hall–Kier alpha value is -4.26. The van der Waals surface area contributed by atoms with Crippen LogP contribution in [0.25, 0.3) is 16.8 Å². The molecule has 6 nitrogen and oxygen atoms in total. The number of Topliss-reactive ketones (excluding diaryl/α,β-unsaturated/α-hetero) is 1. The first-order chi connectivity index (χ1) is 17.0. The second-order valence-corrected chi connectivity index (χ2v) is 8.99. The van der Waals surface area contributed by atoms with Gasteiger partial charge in [-0.05, 0) is 72.7 Å². The molecule has 7 heteroatoms. The first-order valence-corrected chi connectivity index (χ1v) is 11.6. The predicted molar refractivity (Wildman–Crippen MR) is 130 cm³/mol. The van der Waals surface area contributed by atoms with Crippen LogP contribution in [0.15, 0.2) is 72.3 Å². The fourth-order valence-corrected chi connectivity index (χ4v) is 5.10. The van der Waals surface area contributed by atoms with Gasteiger partial charge in [-0.15, -0.1) is 0 Å². The lowest BCUT2D eigenvalue weighted by molar-refractivity contribution is -0.132. The van der Waals surface area contributed by atoms with Crippen molar-refractivity contribution in [3.63, 3.8) is 0 Å². The average Bonchev–Trinajstić information content (AvgIpc) is 3.42. The van der Waals surface area contributed by atoms with E-state index in [1.807, 2.05) is 30.3 Å². The Morgan fingerprint density at radius 2 is 1.71 bits per heavy atom. The second-order valence-electron chi connectivity index (χ2n) is 8.99. The molecule has 1 fully saturated rings. The van der Waals surface area contributed by atoms with Crippen molar-refractivity contribution in [3.8, 4) is 0 Å². The van der Waals surface area contributed by atoms with E-state index < -0.39 is 23.5 Å². The smallest absolute Gasteiger partial charge is 0.302 e. The number of rotatable bonds is 3. The number of aromatic nitrogens is 2. The molecule has 1 aliphatic heterocycles. The number of carbonyl (C=O) groups excluding carboxylic acids is 2. The summed E-state index contributed by atoms with van der Waals surface area (Å²) in [5.74, 6) is -2.12. The number of halogens is 1. The lowest BCUT2D eigenvalue weighted by atomic mass is 9.89. The molecule has 0 bridgehead atoms. The number of carbonyl (C=O) groups is 2. The summed E-state index contributed by atoms with van der Waals surface area (Å²) >= 11 is 0. The minimum atomic E-state index is -0.966. The van der Waals surface area contributed by atoms with Crippen LogP contribution in [0, 0.1) is 5.82 Å². The Kier molecular flexibility index (Phi) is 4.99. The summed E-state index contributed by atoms with van der Waals surface area (Å²) in [6.45, 7) is 0. The molecule has 3 aromatic carbocycles. The van der Waals surface area contributed by atoms with Gasteiger partial charge in [0.05, 0.1) is 22.6 Å². The van der Waals surface area contributed by atoms with E-state index in [0.717, 1.165) is 31.2 Å². The first kappa shape index (κ1) is 21.3. The van der Waals surface area contributed by atoms with Crippen molar-refractivity contribution in [2.24, 2.45) is 0 Å². The third-order valence-electron chi connectivity index (χ3n) is 6.86. The maximum Gasteiger partial charge on any atom is 0.302 e. The number of aromatic amines is 1. The van der Waals surface area contributed by atoms with E-state index in [1.54, 1.807) is 12.1 Å². The summed E-state index contributed by atoms with van der Waals surface area (Å²) in [4.78, 5) is 35.5. The zero-order valence-electron chi connectivity index (χ0n) is 18.8. The predicted octanol–water partition coefficient (Wildman–Crippen LogP) is 5.21. The Balaban J connectivity index is 1.54. The van der Waals surface area contributed by atoms with Crippen LogP contribution in [0.5, 0.6) is 0 Å². The number of benzene rings is 3. The van der Waals surface area contributed by atoms with E-state index in [4.69, 9.17) is 0 Å². The Morgan fingerprint density at radius 1 is 0.971 bits per heavy atom. The standard InChI is InChI=1S/C28H22FN3O3/c29-20-13-11-17(12-14-20)24-23(25(33)19-10-9-16-5-1-2-6-18(16)15-19)26(34)27(35)32(24)28-30-21-7-3-4-8-22(21)31-28/h3-4,7-15,24,33H,1-2,5-6H2,(H,30,31)/b25-23+. The highest BCUT2D eigenvalue weighted by Crippen LogP contribution is 2.42. The maximum absolute atomic E-state index is 13.7. The van der Waals surface area contributed by atoms with Crippen molar-refractivity contribution >= 4 is 34.4 Å². The van der Waals surface area contributed by atoms with Gasteiger partial charge in [-0.2, -0.15) is 0 Å². The van der Waals surface area contributed by atoms with Crippen molar-refractivity contribution in [1.29, 1.82) is 0 Å². The van der Waals surface area contributed by atoms with Gasteiger partial charge in [0.1, 0.15) is 11.6 Å². The zero-order chi connectivity index (χ0) is 24.1. The summed E-state index contributed by atoms with van der Waals surface area (Å²) in [6.07, 6.45) is 4.10. The molecule has 2 N–H and O–H groups in total. The number of anilines is 1. The van der Waals surface area contributed by atoms with Crippen LogP contribution in [0.4, 0.5) is 10.3 Å². The number of amides is 1. The van der Waals surface area contributed by atoms with Crippen LogP contribution in [-0.2, 0) is 22.4 Å².